The zero-order chi connectivity index (χ0) is 21.8. The van der Waals surface area contributed by atoms with Crippen molar-refractivity contribution in [2.45, 2.75) is 31.6 Å². The lowest BCUT2D eigenvalue weighted by atomic mass is 9.84. The van der Waals surface area contributed by atoms with Gasteiger partial charge in [0.1, 0.15) is 11.6 Å². The summed E-state index contributed by atoms with van der Waals surface area (Å²) >= 11 is 0. The summed E-state index contributed by atoms with van der Waals surface area (Å²) in [5.74, 6) is -0.325. The minimum absolute atomic E-state index is 0.118. The van der Waals surface area contributed by atoms with Crippen molar-refractivity contribution in [3.63, 3.8) is 0 Å². The smallest absolute Gasteiger partial charge is 0.326 e. The lowest BCUT2D eigenvalue weighted by Crippen LogP contribution is -2.45. The molecule has 4 heterocycles. The highest BCUT2D eigenvalue weighted by atomic mass is 19.4. The molecule has 5 rings (SSSR count). The first kappa shape index (κ1) is 20.0. The summed E-state index contributed by atoms with van der Waals surface area (Å²) in [6, 6.07) is 6.84. The van der Waals surface area contributed by atoms with Crippen molar-refractivity contribution >= 4 is 0 Å². The highest BCUT2D eigenvalue weighted by Gasteiger charge is 2.35. The first-order valence-electron chi connectivity index (χ1n) is 10.1. The molecule has 1 N–H and O–H groups in total. The number of fused-ring (bicyclic) bond motifs is 4. The quantitative estimate of drug-likeness (QED) is 0.644. The molecule has 0 amide bonds. The van der Waals surface area contributed by atoms with E-state index >= 15 is 0 Å². The predicted molar refractivity (Wildman–Crippen MR) is 106 cm³/mol. The summed E-state index contributed by atoms with van der Waals surface area (Å²) < 4.78 is 57.0. The third kappa shape index (κ3) is 3.46. The number of benzene rings is 1. The molecule has 0 aliphatic carbocycles. The average molecular weight is 432 g/mol. The molecule has 0 radical (unpaired) electrons. The number of piperidine rings is 1. The first-order chi connectivity index (χ1) is 14.8. The zero-order valence-electron chi connectivity index (χ0n) is 16.5. The maximum atomic E-state index is 14.5. The average Bonchev–Trinajstić information content (AvgIpc) is 3.18. The molecule has 162 valence electrons. The van der Waals surface area contributed by atoms with Crippen LogP contribution in [0.3, 0.4) is 0 Å². The molecule has 31 heavy (non-hydrogen) atoms. The van der Waals surface area contributed by atoms with E-state index in [0.29, 0.717) is 23.9 Å². The largest absolute Gasteiger partial charge is 0.419 e. The molecule has 3 aromatic rings. The Bertz CT molecular complexity index is 1200. The van der Waals surface area contributed by atoms with Gasteiger partial charge in [0.2, 0.25) is 0 Å². The van der Waals surface area contributed by atoms with E-state index in [-0.39, 0.29) is 23.6 Å². The third-order valence-electron chi connectivity index (χ3n) is 6.19. The number of pyridine rings is 1. The number of nitrogens with one attached hydrogen (secondary N) is 1. The second-order valence-corrected chi connectivity index (χ2v) is 8.20. The molecule has 5 nitrogen and oxygen atoms in total. The molecule has 9 heteroatoms. The molecule has 2 aromatic heterocycles. The maximum absolute atomic E-state index is 14.5. The molecule has 0 saturated carbocycles. The van der Waals surface area contributed by atoms with Crippen molar-refractivity contribution in [2.24, 2.45) is 5.92 Å². The number of imidazole rings is 1. The molecule has 1 aromatic carbocycles. The van der Waals surface area contributed by atoms with Gasteiger partial charge in [0, 0.05) is 42.7 Å². The monoisotopic (exact) mass is 432 g/mol. The van der Waals surface area contributed by atoms with Crippen molar-refractivity contribution in [3.05, 3.63) is 75.7 Å². The number of alkyl halides is 3. The van der Waals surface area contributed by atoms with E-state index in [1.54, 1.807) is 10.6 Å². The van der Waals surface area contributed by atoms with E-state index in [0.717, 1.165) is 31.3 Å². The number of hydrogen-bond donors (Lipinski definition) is 1. The number of hydrogen-bond acceptors (Lipinski definition) is 3. The van der Waals surface area contributed by atoms with Gasteiger partial charge >= 0.3 is 6.18 Å². The van der Waals surface area contributed by atoms with Crippen LogP contribution in [0.1, 0.15) is 29.2 Å². The number of halogens is 4. The molecule has 1 fully saturated rings. The second-order valence-electron chi connectivity index (χ2n) is 8.20. The predicted octanol–water partition coefficient (Wildman–Crippen LogP) is 3.62. The van der Waals surface area contributed by atoms with E-state index in [4.69, 9.17) is 0 Å². The highest BCUT2D eigenvalue weighted by Crippen LogP contribution is 2.34. The van der Waals surface area contributed by atoms with Crippen LogP contribution in [0.15, 0.2) is 47.5 Å². The Hall–Kier alpha value is -2.94. The Kier molecular flexibility index (Phi) is 4.73. The molecule has 2 aliphatic heterocycles. The minimum atomic E-state index is -4.78. The van der Waals surface area contributed by atoms with Crippen LogP contribution in [0.4, 0.5) is 17.6 Å². The Morgan fingerprint density at radius 1 is 1.16 bits per heavy atom. The van der Waals surface area contributed by atoms with Gasteiger partial charge in [-0.15, -0.1) is 0 Å². The van der Waals surface area contributed by atoms with Gasteiger partial charge in [-0.1, -0.05) is 12.1 Å². The minimum Gasteiger partial charge on any atom is -0.326 e. The van der Waals surface area contributed by atoms with Crippen LogP contribution in [-0.2, 0) is 19.3 Å². The summed E-state index contributed by atoms with van der Waals surface area (Å²) in [7, 11) is 0. The Balaban J connectivity index is 1.53. The van der Waals surface area contributed by atoms with Gasteiger partial charge in [-0.3, -0.25) is 4.79 Å². The fourth-order valence-electron chi connectivity index (χ4n) is 4.75. The molecule has 1 saturated heterocycles. The fourth-order valence-corrected chi connectivity index (χ4v) is 4.75. The van der Waals surface area contributed by atoms with E-state index in [9.17, 15) is 22.4 Å². The summed E-state index contributed by atoms with van der Waals surface area (Å²) in [6.45, 7) is 2.16. The van der Waals surface area contributed by atoms with E-state index in [2.05, 4.69) is 10.3 Å². The summed E-state index contributed by atoms with van der Waals surface area (Å²) in [5, 5.41) is 3.40. The summed E-state index contributed by atoms with van der Waals surface area (Å²) in [5.41, 5.74) is -0.257. The van der Waals surface area contributed by atoms with Gasteiger partial charge in [0.05, 0.1) is 17.7 Å². The van der Waals surface area contributed by atoms with Crippen molar-refractivity contribution in [1.29, 1.82) is 0 Å². The second kappa shape index (κ2) is 7.33. The van der Waals surface area contributed by atoms with E-state index < -0.39 is 17.6 Å². The standard InChI is InChI=1S/C22H20F4N4O/c23-19-14(2-1-3-17(19)22(24,25)26)12-29-7-6-28-20(29)16-4-5-18-15-8-13(9-27-10-15)11-30(18)21(16)31/h1-7,13,15,27H,8-12H2/t13-,15+/m0/s1. The normalized spacial score (nSPS) is 20.5. The molecular weight excluding hydrogens is 412 g/mol. The van der Waals surface area contributed by atoms with E-state index in [1.165, 1.54) is 29.1 Å². The van der Waals surface area contributed by atoms with Crippen LogP contribution in [0.5, 0.6) is 0 Å². The molecular formula is C22H20F4N4O. The van der Waals surface area contributed by atoms with Crippen LogP contribution >= 0.6 is 0 Å². The SMILES string of the molecule is O=c1c(-c2nccn2Cc2cccc(C(F)(F)F)c2F)ccc2n1C[C@@H]1CNC[C@H]2C1. The van der Waals surface area contributed by atoms with Gasteiger partial charge in [0.15, 0.2) is 0 Å². The zero-order valence-corrected chi connectivity index (χ0v) is 16.5. The summed E-state index contributed by atoms with van der Waals surface area (Å²) in [6.07, 6.45) is -0.725. The molecule has 0 spiro atoms. The van der Waals surface area contributed by atoms with Crippen LogP contribution in [0, 0.1) is 11.7 Å². The Labute approximate surface area is 175 Å². The first-order valence-corrected chi connectivity index (χ1v) is 10.1. The van der Waals surface area contributed by atoms with Gasteiger partial charge in [-0.2, -0.15) is 13.2 Å². The van der Waals surface area contributed by atoms with Gasteiger partial charge in [-0.05, 0) is 37.1 Å². The topological polar surface area (TPSA) is 51.9 Å². The third-order valence-corrected chi connectivity index (χ3v) is 6.19. The van der Waals surface area contributed by atoms with Crippen molar-refractivity contribution in [2.75, 3.05) is 13.1 Å². The van der Waals surface area contributed by atoms with Gasteiger partial charge < -0.3 is 14.5 Å². The number of nitrogens with zero attached hydrogens (tertiary/aromatic N) is 3. The van der Waals surface area contributed by atoms with Crippen LogP contribution in [0.2, 0.25) is 0 Å². The Morgan fingerprint density at radius 3 is 2.81 bits per heavy atom. The highest BCUT2D eigenvalue weighted by molar-refractivity contribution is 5.55. The number of aromatic nitrogens is 3. The molecule has 2 aliphatic rings. The lowest BCUT2D eigenvalue weighted by Gasteiger charge is -2.37. The fraction of sp³-hybridized carbons (Fsp3) is 0.364. The Morgan fingerprint density at radius 2 is 2.00 bits per heavy atom. The van der Waals surface area contributed by atoms with Crippen LogP contribution in [0.25, 0.3) is 11.4 Å². The van der Waals surface area contributed by atoms with Crippen LogP contribution in [-0.4, -0.2) is 27.2 Å². The van der Waals surface area contributed by atoms with Crippen molar-refractivity contribution in [3.8, 4) is 11.4 Å². The van der Waals surface area contributed by atoms with Crippen molar-refractivity contribution < 1.29 is 17.6 Å². The lowest BCUT2D eigenvalue weighted by molar-refractivity contribution is -0.140. The van der Waals surface area contributed by atoms with Gasteiger partial charge in [0.25, 0.3) is 5.56 Å². The molecule has 0 unspecified atom stereocenters. The molecule has 2 atom stereocenters. The van der Waals surface area contributed by atoms with Crippen molar-refractivity contribution in [1.82, 2.24) is 19.4 Å². The number of rotatable bonds is 3. The summed E-state index contributed by atoms with van der Waals surface area (Å²) in [4.78, 5) is 17.5. The molecule has 2 bridgehead atoms. The van der Waals surface area contributed by atoms with Crippen LogP contribution < -0.4 is 10.9 Å². The van der Waals surface area contributed by atoms with Gasteiger partial charge in [-0.25, -0.2) is 9.37 Å². The van der Waals surface area contributed by atoms with E-state index in [1.807, 2.05) is 6.07 Å². The maximum Gasteiger partial charge on any atom is 0.419 e.